The normalized spacial score (nSPS) is 25.6. The molecule has 1 atom stereocenters. The summed E-state index contributed by atoms with van der Waals surface area (Å²) < 4.78 is 5.34. The molecular formula is C16H27NO2S2. The zero-order valence-electron chi connectivity index (χ0n) is 13.6. The Hall–Kier alpha value is -0.130. The largest absolute Gasteiger partial charge is 0.429 e. The predicted octanol–water partition coefficient (Wildman–Crippen LogP) is 3.89. The zero-order chi connectivity index (χ0) is 15.5. The highest BCUT2D eigenvalue weighted by Crippen LogP contribution is 2.50. The van der Waals surface area contributed by atoms with E-state index in [0.29, 0.717) is 0 Å². The number of thioether (sulfide) groups is 2. The van der Waals surface area contributed by atoms with E-state index in [0.717, 1.165) is 36.5 Å². The molecule has 3 nitrogen and oxygen atoms in total. The molecule has 0 radical (unpaired) electrons. The number of carbonyl (C=O) groups excluding carboxylic acids is 1. The zero-order valence-corrected chi connectivity index (χ0v) is 15.2. The Morgan fingerprint density at radius 2 is 1.76 bits per heavy atom. The summed E-state index contributed by atoms with van der Waals surface area (Å²) in [7, 11) is 4.19. The molecule has 21 heavy (non-hydrogen) atoms. The molecule has 0 aromatic heterocycles. The Kier molecular flexibility index (Phi) is 6.09. The highest BCUT2D eigenvalue weighted by atomic mass is 32.2. The van der Waals surface area contributed by atoms with Crippen molar-refractivity contribution in [3.05, 3.63) is 11.3 Å². The van der Waals surface area contributed by atoms with Crippen LogP contribution in [0.1, 0.15) is 46.0 Å². The third kappa shape index (κ3) is 3.30. The van der Waals surface area contributed by atoms with E-state index in [2.05, 4.69) is 32.8 Å². The van der Waals surface area contributed by atoms with Gasteiger partial charge in [-0.3, -0.25) is 0 Å². The lowest BCUT2D eigenvalue weighted by atomic mass is 9.94. The van der Waals surface area contributed by atoms with E-state index in [1.54, 1.807) is 23.5 Å². The molecule has 120 valence electrons. The Morgan fingerprint density at radius 1 is 1.14 bits per heavy atom. The van der Waals surface area contributed by atoms with Gasteiger partial charge in [-0.2, -0.15) is 0 Å². The number of ether oxygens (including phenoxy) is 1. The standard InChI is InChI=1S/C16H27NO2S2/c1-5-20-16(21-6-2)14(17(3)4)12-10-8-7-9-11-13(12)19-15(16)18/h14H,5-11H2,1-4H3/t14-/m1/s1. The van der Waals surface area contributed by atoms with Gasteiger partial charge in [0.25, 0.3) is 0 Å². The van der Waals surface area contributed by atoms with Crippen LogP contribution in [-0.2, 0) is 9.53 Å². The average molecular weight is 330 g/mol. The summed E-state index contributed by atoms with van der Waals surface area (Å²) in [6.45, 7) is 4.25. The van der Waals surface area contributed by atoms with Crippen molar-refractivity contribution in [1.29, 1.82) is 0 Å². The molecule has 0 spiro atoms. The van der Waals surface area contributed by atoms with Crippen LogP contribution in [0.4, 0.5) is 0 Å². The monoisotopic (exact) mass is 329 g/mol. The number of nitrogens with zero attached hydrogens (tertiary/aromatic N) is 1. The van der Waals surface area contributed by atoms with Crippen LogP contribution in [0.2, 0.25) is 0 Å². The van der Waals surface area contributed by atoms with Crippen molar-refractivity contribution in [2.24, 2.45) is 0 Å². The van der Waals surface area contributed by atoms with Crippen molar-refractivity contribution in [3.63, 3.8) is 0 Å². The first-order chi connectivity index (χ1) is 10.1. The Balaban J connectivity index is 2.48. The van der Waals surface area contributed by atoms with Crippen LogP contribution in [-0.4, -0.2) is 46.6 Å². The summed E-state index contributed by atoms with van der Waals surface area (Å²) in [5.41, 5.74) is 1.37. The highest BCUT2D eigenvalue weighted by molar-refractivity contribution is 8.19. The second kappa shape index (κ2) is 7.42. The molecule has 2 aliphatic rings. The summed E-state index contributed by atoms with van der Waals surface area (Å²) in [6, 6.07) is 0.154. The topological polar surface area (TPSA) is 29.5 Å². The van der Waals surface area contributed by atoms with E-state index in [1.165, 1.54) is 18.4 Å². The Bertz CT molecular complexity index is 415. The lowest BCUT2D eigenvalue weighted by molar-refractivity contribution is -0.142. The van der Waals surface area contributed by atoms with Gasteiger partial charge in [-0.1, -0.05) is 20.3 Å². The van der Waals surface area contributed by atoms with Crippen LogP contribution in [0.25, 0.3) is 0 Å². The van der Waals surface area contributed by atoms with Gasteiger partial charge in [-0.25, -0.2) is 4.79 Å². The van der Waals surface area contributed by atoms with Gasteiger partial charge >= 0.3 is 5.97 Å². The minimum absolute atomic E-state index is 0.0412. The van der Waals surface area contributed by atoms with E-state index >= 15 is 0 Å². The fourth-order valence-corrected chi connectivity index (χ4v) is 6.64. The van der Waals surface area contributed by atoms with Crippen LogP contribution >= 0.6 is 23.5 Å². The minimum atomic E-state index is -0.504. The molecule has 0 aromatic rings. The van der Waals surface area contributed by atoms with Crippen LogP contribution in [0.15, 0.2) is 11.3 Å². The summed E-state index contributed by atoms with van der Waals surface area (Å²) in [4.78, 5) is 15.1. The fourth-order valence-electron chi connectivity index (χ4n) is 3.41. The van der Waals surface area contributed by atoms with Gasteiger partial charge in [-0.05, 0) is 50.4 Å². The molecular weight excluding hydrogens is 302 g/mol. The van der Waals surface area contributed by atoms with Gasteiger partial charge in [0.15, 0.2) is 4.08 Å². The molecule has 0 aromatic carbocycles. The number of esters is 1. The molecule has 1 aliphatic carbocycles. The van der Waals surface area contributed by atoms with Crippen molar-refractivity contribution >= 4 is 29.5 Å². The first-order valence-electron chi connectivity index (χ1n) is 7.95. The van der Waals surface area contributed by atoms with Gasteiger partial charge in [0, 0.05) is 6.42 Å². The molecule has 2 rings (SSSR count). The molecule has 1 aliphatic heterocycles. The molecule has 0 fully saturated rings. The van der Waals surface area contributed by atoms with Crippen LogP contribution < -0.4 is 0 Å². The second-order valence-corrected chi connectivity index (χ2v) is 9.08. The molecule has 0 saturated carbocycles. The summed E-state index contributed by atoms with van der Waals surface area (Å²) in [5, 5.41) is 0. The maximum Gasteiger partial charge on any atom is 0.339 e. The van der Waals surface area contributed by atoms with Crippen LogP contribution in [0, 0.1) is 0 Å². The first-order valence-corrected chi connectivity index (χ1v) is 9.92. The van der Waals surface area contributed by atoms with Gasteiger partial charge in [0.05, 0.1) is 6.04 Å². The number of carbonyl (C=O) groups is 1. The van der Waals surface area contributed by atoms with Crippen molar-refractivity contribution in [2.45, 2.75) is 56.1 Å². The van der Waals surface area contributed by atoms with Gasteiger partial charge < -0.3 is 9.64 Å². The predicted molar refractivity (Wildman–Crippen MR) is 92.7 cm³/mol. The lowest BCUT2D eigenvalue weighted by Crippen LogP contribution is -2.55. The maximum absolute atomic E-state index is 12.9. The van der Waals surface area contributed by atoms with Crippen molar-refractivity contribution in [3.8, 4) is 0 Å². The quantitative estimate of drug-likeness (QED) is 0.564. The third-order valence-electron chi connectivity index (χ3n) is 4.13. The molecule has 0 amide bonds. The van der Waals surface area contributed by atoms with Gasteiger partial charge in [-0.15, -0.1) is 23.5 Å². The van der Waals surface area contributed by atoms with E-state index in [9.17, 15) is 4.79 Å². The summed E-state index contributed by atoms with van der Waals surface area (Å²) in [6.07, 6.45) is 5.59. The Labute approximate surface area is 137 Å². The van der Waals surface area contributed by atoms with E-state index in [-0.39, 0.29) is 12.0 Å². The number of rotatable bonds is 5. The van der Waals surface area contributed by atoms with Crippen LogP contribution in [0.3, 0.4) is 0 Å². The van der Waals surface area contributed by atoms with Gasteiger partial charge in [0.2, 0.25) is 0 Å². The van der Waals surface area contributed by atoms with Crippen molar-refractivity contribution in [2.75, 3.05) is 25.6 Å². The molecule has 0 N–H and O–H groups in total. The lowest BCUT2D eigenvalue weighted by Gasteiger charge is -2.45. The second-order valence-electron chi connectivity index (χ2n) is 5.80. The molecule has 0 unspecified atom stereocenters. The number of hydrogen-bond donors (Lipinski definition) is 0. The number of hydrogen-bond acceptors (Lipinski definition) is 5. The molecule has 0 bridgehead atoms. The average Bonchev–Trinajstić information content (AvgIpc) is 2.65. The number of likely N-dealkylation sites (N-methyl/N-ethyl adjacent to an activating group) is 1. The number of allylic oxidation sites excluding steroid dienone is 1. The minimum Gasteiger partial charge on any atom is -0.429 e. The van der Waals surface area contributed by atoms with Gasteiger partial charge in [0.1, 0.15) is 5.76 Å². The molecule has 5 heteroatoms. The van der Waals surface area contributed by atoms with E-state index in [1.807, 2.05) is 0 Å². The van der Waals surface area contributed by atoms with E-state index < -0.39 is 4.08 Å². The van der Waals surface area contributed by atoms with Crippen molar-refractivity contribution in [1.82, 2.24) is 4.90 Å². The Morgan fingerprint density at radius 3 is 2.33 bits per heavy atom. The molecule has 0 saturated heterocycles. The highest BCUT2D eigenvalue weighted by Gasteiger charge is 2.54. The van der Waals surface area contributed by atoms with E-state index in [4.69, 9.17) is 4.74 Å². The van der Waals surface area contributed by atoms with Crippen LogP contribution in [0.5, 0.6) is 0 Å². The SMILES string of the molecule is CCSC1(SCC)C(=O)OC2=C(CCCCC2)[C@H]1N(C)C. The summed E-state index contributed by atoms with van der Waals surface area (Å²) >= 11 is 3.49. The molecule has 1 heterocycles. The summed E-state index contributed by atoms with van der Waals surface area (Å²) in [5.74, 6) is 2.78. The first kappa shape index (κ1) is 17.2. The fraction of sp³-hybridized carbons (Fsp3) is 0.812. The van der Waals surface area contributed by atoms with Crippen molar-refractivity contribution < 1.29 is 9.53 Å². The maximum atomic E-state index is 12.9. The smallest absolute Gasteiger partial charge is 0.339 e. The third-order valence-corrected chi connectivity index (χ3v) is 7.05.